The van der Waals surface area contributed by atoms with Crippen molar-refractivity contribution in [2.45, 2.75) is 19.0 Å². The lowest BCUT2D eigenvalue weighted by atomic mass is 9.98. The molecule has 156 valence electrons. The van der Waals surface area contributed by atoms with Crippen molar-refractivity contribution in [3.63, 3.8) is 0 Å². The fraction of sp³-hybridized carbons (Fsp3) is 0.292. The van der Waals surface area contributed by atoms with Crippen molar-refractivity contribution in [1.82, 2.24) is 10.2 Å². The first-order valence-electron chi connectivity index (χ1n) is 10.0. The van der Waals surface area contributed by atoms with Gasteiger partial charge in [0.25, 0.3) is 5.91 Å². The first-order valence-corrected chi connectivity index (χ1v) is 10.0. The predicted molar refractivity (Wildman–Crippen MR) is 114 cm³/mol. The van der Waals surface area contributed by atoms with Gasteiger partial charge in [0.15, 0.2) is 11.5 Å². The minimum atomic E-state index is -0.162. The van der Waals surface area contributed by atoms with E-state index in [0.29, 0.717) is 23.6 Å². The summed E-state index contributed by atoms with van der Waals surface area (Å²) in [4.78, 5) is 15.2. The fourth-order valence-corrected chi connectivity index (χ4v) is 3.94. The molecule has 0 spiro atoms. The van der Waals surface area contributed by atoms with Crippen LogP contribution in [0.25, 0.3) is 0 Å². The number of nitrogens with zero attached hydrogens (tertiary/aromatic N) is 1. The molecule has 1 aliphatic heterocycles. The van der Waals surface area contributed by atoms with E-state index >= 15 is 0 Å². The van der Waals surface area contributed by atoms with E-state index in [9.17, 15) is 4.79 Å². The van der Waals surface area contributed by atoms with Crippen LogP contribution in [0.5, 0.6) is 11.5 Å². The van der Waals surface area contributed by atoms with Gasteiger partial charge in [0, 0.05) is 25.2 Å². The molecule has 30 heavy (non-hydrogen) atoms. The summed E-state index contributed by atoms with van der Waals surface area (Å²) in [6, 6.07) is 17.5. The largest absolute Gasteiger partial charge is 0.493 e. The molecule has 6 nitrogen and oxygen atoms in total. The fourth-order valence-electron chi connectivity index (χ4n) is 3.94. The Morgan fingerprint density at radius 3 is 2.60 bits per heavy atom. The lowest BCUT2D eigenvalue weighted by molar-refractivity contribution is 0.0918. The molecule has 0 bridgehead atoms. The number of methoxy groups -OCH3 is 2. The van der Waals surface area contributed by atoms with Gasteiger partial charge >= 0.3 is 0 Å². The summed E-state index contributed by atoms with van der Waals surface area (Å²) in [5.74, 6) is 1.81. The van der Waals surface area contributed by atoms with Gasteiger partial charge in [0.1, 0.15) is 5.76 Å². The molecule has 1 aromatic heterocycles. The van der Waals surface area contributed by atoms with Gasteiger partial charge in [0.05, 0.1) is 26.5 Å². The quantitative estimate of drug-likeness (QED) is 0.646. The maximum Gasteiger partial charge on any atom is 0.251 e. The molecule has 0 saturated carbocycles. The lowest BCUT2D eigenvalue weighted by Gasteiger charge is -2.34. The minimum Gasteiger partial charge on any atom is -0.493 e. The van der Waals surface area contributed by atoms with Crippen LogP contribution < -0.4 is 14.8 Å². The van der Waals surface area contributed by atoms with Gasteiger partial charge < -0.3 is 19.2 Å². The van der Waals surface area contributed by atoms with Crippen LogP contribution >= 0.6 is 0 Å². The van der Waals surface area contributed by atoms with E-state index in [1.807, 2.05) is 12.1 Å². The van der Waals surface area contributed by atoms with Crippen LogP contribution in [0.3, 0.4) is 0 Å². The van der Waals surface area contributed by atoms with Gasteiger partial charge in [-0.05, 0) is 47.9 Å². The number of hydrogen-bond donors (Lipinski definition) is 1. The Labute approximate surface area is 176 Å². The summed E-state index contributed by atoms with van der Waals surface area (Å²) in [5.41, 5.74) is 3.24. The van der Waals surface area contributed by atoms with Gasteiger partial charge in [-0.2, -0.15) is 0 Å². The number of nitrogens with one attached hydrogen (secondary N) is 1. The van der Waals surface area contributed by atoms with Crippen LogP contribution in [-0.4, -0.2) is 38.1 Å². The summed E-state index contributed by atoms with van der Waals surface area (Å²) in [6.45, 7) is 2.19. The molecule has 0 unspecified atom stereocenters. The van der Waals surface area contributed by atoms with Gasteiger partial charge in [-0.3, -0.25) is 9.69 Å². The van der Waals surface area contributed by atoms with E-state index in [0.717, 1.165) is 25.3 Å². The maximum atomic E-state index is 12.8. The number of hydrogen-bond acceptors (Lipinski definition) is 5. The van der Waals surface area contributed by atoms with Crippen molar-refractivity contribution in [3.8, 4) is 11.5 Å². The van der Waals surface area contributed by atoms with Crippen molar-refractivity contribution in [3.05, 3.63) is 83.3 Å². The Bertz CT molecular complexity index is 1000. The van der Waals surface area contributed by atoms with Gasteiger partial charge in [-0.1, -0.05) is 24.3 Å². The number of benzene rings is 2. The summed E-state index contributed by atoms with van der Waals surface area (Å²) in [5, 5.41) is 3.06. The summed E-state index contributed by atoms with van der Waals surface area (Å²) in [7, 11) is 3.13. The smallest absolute Gasteiger partial charge is 0.251 e. The van der Waals surface area contributed by atoms with Crippen molar-refractivity contribution in [2.24, 2.45) is 0 Å². The van der Waals surface area contributed by atoms with Crippen LogP contribution in [-0.2, 0) is 13.0 Å². The van der Waals surface area contributed by atoms with E-state index < -0.39 is 0 Å². The highest BCUT2D eigenvalue weighted by Gasteiger charge is 2.27. The second-order valence-corrected chi connectivity index (χ2v) is 7.30. The molecule has 1 amide bonds. The third-order valence-electron chi connectivity index (χ3n) is 5.57. The van der Waals surface area contributed by atoms with E-state index in [2.05, 4.69) is 34.5 Å². The third-order valence-corrected chi connectivity index (χ3v) is 5.57. The average Bonchev–Trinajstić information content (AvgIpc) is 3.33. The Hall–Kier alpha value is -3.25. The highest BCUT2D eigenvalue weighted by molar-refractivity contribution is 5.94. The van der Waals surface area contributed by atoms with E-state index in [4.69, 9.17) is 13.9 Å². The average molecular weight is 406 g/mol. The number of carbonyl (C=O) groups excluding carboxylic acids is 1. The molecule has 6 heteroatoms. The van der Waals surface area contributed by atoms with E-state index in [1.165, 1.54) is 11.1 Å². The Morgan fingerprint density at radius 1 is 1.07 bits per heavy atom. The Kier molecular flexibility index (Phi) is 6.05. The summed E-state index contributed by atoms with van der Waals surface area (Å²) < 4.78 is 16.3. The Morgan fingerprint density at radius 2 is 1.87 bits per heavy atom. The molecule has 1 N–H and O–H groups in total. The molecular weight excluding hydrogens is 380 g/mol. The molecule has 1 atom stereocenters. The van der Waals surface area contributed by atoms with Crippen molar-refractivity contribution < 1.29 is 18.7 Å². The molecule has 3 aromatic rings. The highest BCUT2D eigenvalue weighted by Crippen LogP contribution is 2.29. The number of rotatable bonds is 7. The van der Waals surface area contributed by atoms with Crippen LogP contribution in [0.15, 0.2) is 65.3 Å². The van der Waals surface area contributed by atoms with Crippen LogP contribution in [0.1, 0.15) is 33.3 Å². The second-order valence-electron chi connectivity index (χ2n) is 7.30. The molecular formula is C24H26N2O4. The molecule has 1 aliphatic rings. The van der Waals surface area contributed by atoms with Crippen molar-refractivity contribution in [2.75, 3.05) is 27.3 Å². The van der Waals surface area contributed by atoms with Gasteiger partial charge in [-0.15, -0.1) is 0 Å². The molecule has 0 aliphatic carbocycles. The second kappa shape index (κ2) is 9.05. The van der Waals surface area contributed by atoms with Crippen LogP contribution in [0.2, 0.25) is 0 Å². The normalized spacial score (nSPS) is 14.6. The monoisotopic (exact) mass is 406 g/mol. The zero-order valence-electron chi connectivity index (χ0n) is 17.3. The summed E-state index contributed by atoms with van der Waals surface area (Å²) >= 11 is 0. The molecule has 2 heterocycles. The number of amides is 1. The number of ether oxygens (including phenoxy) is 2. The molecule has 0 radical (unpaired) electrons. The third kappa shape index (κ3) is 4.19. The molecule has 4 rings (SSSR count). The standard InChI is InChI=1S/C24H26N2O4/c1-28-22-10-9-18(14-23(22)29-2)24(27)25-15-20(21-8-5-13-30-21)26-12-11-17-6-3-4-7-19(17)16-26/h3-10,13-14,20H,11-12,15-16H2,1-2H3,(H,25,27)/t20-/m1/s1. The topological polar surface area (TPSA) is 63.9 Å². The SMILES string of the molecule is COc1ccc(C(=O)NC[C@H](c2ccco2)N2CCc3ccccc3C2)cc1OC. The molecule has 0 fully saturated rings. The molecule has 2 aromatic carbocycles. The van der Waals surface area contributed by atoms with Gasteiger partial charge in [0.2, 0.25) is 0 Å². The van der Waals surface area contributed by atoms with Crippen molar-refractivity contribution >= 4 is 5.91 Å². The lowest BCUT2D eigenvalue weighted by Crippen LogP contribution is -2.40. The van der Waals surface area contributed by atoms with Crippen molar-refractivity contribution in [1.29, 1.82) is 0 Å². The first kappa shape index (κ1) is 20.0. The minimum absolute atomic E-state index is 0.0440. The number of carbonyl (C=O) groups is 1. The van der Waals surface area contributed by atoms with Crippen LogP contribution in [0.4, 0.5) is 0 Å². The molecule has 0 saturated heterocycles. The van der Waals surface area contributed by atoms with E-state index in [-0.39, 0.29) is 11.9 Å². The maximum absolute atomic E-state index is 12.8. The summed E-state index contributed by atoms with van der Waals surface area (Å²) in [6.07, 6.45) is 2.66. The van der Waals surface area contributed by atoms with Crippen LogP contribution in [0, 0.1) is 0 Å². The zero-order valence-corrected chi connectivity index (χ0v) is 17.3. The van der Waals surface area contributed by atoms with E-state index in [1.54, 1.807) is 38.7 Å². The predicted octanol–water partition coefficient (Wildman–Crippen LogP) is 3.83. The zero-order chi connectivity index (χ0) is 20.9. The number of furan rings is 1. The van der Waals surface area contributed by atoms with Gasteiger partial charge in [-0.25, -0.2) is 0 Å². The highest BCUT2D eigenvalue weighted by atomic mass is 16.5. The number of fused-ring (bicyclic) bond motifs is 1. The Balaban J connectivity index is 1.49. The first-order chi connectivity index (χ1) is 14.7.